The lowest BCUT2D eigenvalue weighted by atomic mass is 9.92. The molecule has 2 aromatic heterocycles. The van der Waals surface area contributed by atoms with Crippen molar-refractivity contribution >= 4 is 62.1 Å². The quantitative estimate of drug-likeness (QED) is 0.129. The summed E-state index contributed by atoms with van der Waals surface area (Å²) in [7, 11) is 0. The van der Waals surface area contributed by atoms with Gasteiger partial charge in [0, 0.05) is 69.9 Å². The highest BCUT2D eigenvalue weighted by atomic mass is 15.2. The fraction of sp³-hybridized carbons (Fsp3) is 0.140. The molecule has 1 atom stereocenters. The second-order valence-electron chi connectivity index (χ2n) is 16.1. The average molecular weight is 804 g/mol. The maximum Gasteiger partial charge on any atom is 0.154 e. The minimum Gasteiger partial charge on any atom is -0.334 e. The summed E-state index contributed by atoms with van der Waals surface area (Å²) in [6.45, 7) is 5.06. The Kier molecular flexibility index (Phi) is 10.8. The van der Waals surface area contributed by atoms with Gasteiger partial charge in [0.15, 0.2) is 5.84 Å². The van der Waals surface area contributed by atoms with E-state index in [9.17, 15) is 0 Å². The molecule has 5 nitrogen and oxygen atoms in total. The van der Waals surface area contributed by atoms with Gasteiger partial charge in [-0.3, -0.25) is 9.98 Å². The zero-order chi connectivity index (χ0) is 41.8. The Bertz CT molecular complexity index is 3020. The molecule has 7 aromatic rings. The summed E-state index contributed by atoms with van der Waals surface area (Å²) in [6, 6.07) is 46.5. The number of rotatable bonds is 10. The molecule has 10 rings (SSSR count). The molecule has 0 fully saturated rings. The third kappa shape index (κ3) is 7.63. The van der Waals surface area contributed by atoms with Crippen molar-refractivity contribution in [2.45, 2.75) is 45.6 Å². The van der Waals surface area contributed by atoms with E-state index in [-0.39, 0.29) is 6.04 Å². The molecule has 0 saturated carbocycles. The Morgan fingerprint density at radius 2 is 1.48 bits per heavy atom. The number of allylic oxidation sites excluding steroid dienone is 10. The van der Waals surface area contributed by atoms with Gasteiger partial charge in [0.05, 0.1) is 22.8 Å². The van der Waals surface area contributed by atoms with Gasteiger partial charge in [-0.15, -0.1) is 0 Å². The van der Waals surface area contributed by atoms with Crippen molar-refractivity contribution in [1.29, 1.82) is 0 Å². The van der Waals surface area contributed by atoms with Crippen molar-refractivity contribution < 1.29 is 0 Å². The number of fused-ring (bicyclic) bond motifs is 3. The normalized spacial score (nSPS) is 16.5. The molecule has 5 heteroatoms. The Morgan fingerprint density at radius 1 is 0.726 bits per heavy atom. The fourth-order valence-corrected chi connectivity index (χ4v) is 8.99. The second kappa shape index (κ2) is 17.3. The second-order valence-corrected chi connectivity index (χ2v) is 16.1. The van der Waals surface area contributed by atoms with Crippen LogP contribution in [0.3, 0.4) is 0 Å². The zero-order valence-electron chi connectivity index (χ0n) is 35.3. The third-order valence-corrected chi connectivity index (χ3v) is 12.2. The predicted molar refractivity (Wildman–Crippen MR) is 264 cm³/mol. The molecule has 0 bridgehead atoms. The summed E-state index contributed by atoms with van der Waals surface area (Å²) in [5, 5.41) is 2.55. The summed E-state index contributed by atoms with van der Waals surface area (Å²) in [5.41, 5.74) is 16.4. The molecule has 0 N–H and O–H groups in total. The van der Waals surface area contributed by atoms with Gasteiger partial charge in [0.2, 0.25) is 0 Å². The maximum atomic E-state index is 4.66. The van der Waals surface area contributed by atoms with Crippen molar-refractivity contribution in [3.05, 3.63) is 205 Å². The van der Waals surface area contributed by atoms with Crippen LogP contribution in [0.25, 0.3) is 61.0 Å². The van der Waals surface area contributed by atoms with Crippen LogP contribution in [0.1, 0.15) is 56.2 Å². The molecule has 1 unspecified atom stereocenters. The lowest BCUT2D eigenvalue weighted by Crippen LogP contribution is -2.30. The number of anilines is 2. The number of benzene rings is 5. The number of aliphatic imine (C=N–C) groups is 2. The first-order valence-corrected chi connectivity index (χ1v) is 21.8. The minimum absolute atomic E-state index is 0.120. The molecule has 5 aromatic carbocycles. The van der Waals surface area contributed by atoms with Gasteiger partial charge >= 0.3 is 0 Å². The highest BCUT2D eigenvalue weighted by Gasteiger charge is 2.23. The predicted octanol–water partition coefficient (Wildman–Crippen LogP) is 14.5. The Balaban J connectivity index is 0.987. The van der Waals surface area contributed by atoms with Crippen molar-refractivity contribution in [3.8, 4) is 22.4 Å². The SMILES string of the molecule is C/C=C\C=C(/C)c1cc(-c2ccc(C3=CCC(N(c4ccc(C5=NCCC=N5)cc4)c4ccc(-c5ccccn5)cc4)C=C3)cc2)c2c(c1)c1ccccc1n2C1=CCCC=C1. The van der Waals surface area contributed by atoms with E-state index in [1.54, 1.807) is 0 Å². The van der Waals surface area contributed by atoms with Crippen LogP contribution in [-0.2, 0) is 0 Å². The van der Waals surface area contributed by atoms with Crippen LogP contribution in [0.4, 0.5) is 11.4 Å². The van der Waals surface area contributed by atoms with E-state index in [0.29, 0.717) is 0 Å². The first-order valence-electron chi connectivity index (χ1n) is 21.8. The van der Waals surface area contributed by atoms with E-state index in [1.165, 1.54) is 60.9 Å². The van der Waals surface area contributed by atoms with Crippen molar-refractivity contribution in [1.82, 2.24) is 9.55 Å². The molecule has 0 saturated heterocycles. The van der Waals surface area contributed by atoms with Gasteiger partial charge in [-0.05, 0) is 134 Å². The summed E-state index contributed by atoms with van der Waals surface area (Å²) in [4.78, 5) is 16.2. The number of pyridine rings is 1. The van der Waals surface area contributed by atoms with Gasteiger partial charge in [-0.1, -0.05) is 109 Å². The molecular formula is C57H49N5. The summed E-state index contributed by atoms with van der Waals surface area (Å²) in [5.74, 6) is 0.805. The van der Waals surface area contributed by atoms with Gasteiger partial charge < -0.3 is 9.47 Å². The van der Waals surface area contributed by atoms with Crippen LogP contribution in [0.15, 0.2) is 198 Å². The third-order valence-electron chi connectivity index (χ3n) is 12.2. The van der Waals surface area contributed by atoms with Crippen LogP contribution < -0.4 is 4.90 Å². The van der Waals surface area contributed by atoms with Crippen molar-refractivity contribution in [2.75, 3.05) is 11.4 Å². The standard InChI is InChI=1S/C57H49N5/c1-3-4-13-40(2)46-38-52(56-53(39-46)51-16-8-9-18-55(51)62(56)47-14-6-5-7-15-47)43-21-19-41(20-22-43)42-23-29-48(30-24-42)61(49-31-25-44(26-32-49)54-17-10-11-35-58-54)50-33-27-45(28-34-50)57-59-36-12-37-60-57/h3-4,6,8-11,13-29,31-36,38-39,48H,5,7,12,30,37H2,1-2H3/b4-3-,40-13+. The Labute approximate surface area is 364 Å². The smallest absolute Gasteiger partial charge is 0.154 e. The van der Waals surface area contributed by atoms with Gasteiger partial charge in [0.25, 0.3) is 0 Å². The Morgan fingerprint density at radius 3 is 2.18 bits per heavy atom. The molecular weight excluding hydrogens is 755 g/mol. The Hall–Kier alpha value is -7.37. The summed E-state index contributed by atoms with van der Waals surface area (Å²) in [6.07, 6.45) is 28.1. The van der Waals surface area contributed by atoms with E-state index in [1.807, 2.05) is 24.5 Å². The van der Waals surface area contributed by atoms with Crippen LogP contribution in [0, 0.1) is 0 Å². The van der Waals surface area contributed by atoms with Crippen LogP contribution in [-0.4, -0.2) is 34.2 Å². The fourth-order valence-electron chi connectivity index (χ4n) is 8.99. The monoisotopic (exact) mass is 803 g/mol. The molecule has 3 heterocycles. The van der Waals surface area contributed by atoms with E-state index in [0.717, 1.165) is 66.3 Å². The molecule has 0 radical (unpaired) electrons. The number of nitrogens with zero attached hydrogens (tertiary/aromatic N) is 5. The zero-order valence-corrected chi connectivity index (χ0v) is 35.3. The number of hydrogen-bond donors (Lipinski definition) is 0. The lowest BCUT2D eigenvalue weighted by Gasteiger charge is -2.33. The largest absolute Gasteiger partial charge is 0.334 e. The number of hydrogen-bond acceptors (Lipinski definition) is 4. The minimum atomic E-state index is 0.120. The molecule has 302 valence electrons. The first-order chi connectivity index (χ1) is 30.6. The first kappa shape index (κ1) is 38.8. The topological polar surface area (TPSA) is 45.8 Å². The molecule has 0 amide bonds. The van der Waals surface area contributed by atoms with Crippen LogP contribution >= 0.6 is 0 Å². The van der Waals surface area contributed by atoms with E-state index >= 15 is 0 Å². The van der Waals surface area contributed by atoms with Crippen molar-refractivity contribution in [3.63, 3.8) is 0 Å². The molecule has 3 aliphatic rings. The molecule has 2 aliphatic carbocycles. The highest BCUT2D eigenvalue weighted by Crippen LogP contribution is 2.42. The maximum absolute atomic E-state index is 4.66. The van der Waals surface area contributed by atoms with Crippen molar-refractivity contribution in [2.24, 2.45) is 9.98 Å². The van der Waals surface area contributed by atoms with Gasteiger partial charge in [-0.25, -0.2) is 4.99 Å². The summed E-state index contributed by atoms with van der Waals surface area (Å²) >= 11 is 0. The number of aromatic nitrogens is 2. The highest BCUT2D eigenvalue weighted by molar-refractivity contribution is 6.16. The number of para-hydroxylation sites is 1. The van der Waals surface area contributed by atoms with E-state index in [4.69, 9.17) is 0 Å². The molecule has 62 heavy (non-hydrogen) atoms. The average Bonchev–Trinajstić information content (AvgIpc) is 3.69. The molecule has 0 spiro atoms. The van der Waals surface area contributed by atoms with Crippen LogP contribution in [0.2, 0.25) is 0 Å². The van der Waals surface area contributed by atoms with E-state index < -0.39 is 0 Å². The van der Waals surface area contributed by atoms with Gasteiger partial charge in [0.1, 0.15) is 0 Å². The summed E-state index contributed by atoms with van der Waals surface area (Å²) < 4.78 is 2.48. The molecule has 1 aliphatic heterocycles. The number of amidine groups is 1. The van der Waals surface area contributed by atoms with E-state index in [2.05, 4.69) is 208 Å². The van der Waals surface area contributed by atoms with Crippen LogP contribution in [0.5, 0.6) is 0 Å². The lowest BCUT2D eigenvalue weighted by molar-refractivity contribution is 0.787. The van der Waals surface area contributed by atoms with Gasteiger partial charge in [-0.2, -0.15) is 0 Å².